The monoisotopic (exact) mass is 397 g/mol. The molecule has 0 spiro atoms. The second kappa shape index (κ2) is 6.93. The molecular weight excluding hydrogens is 382 g/mol. The topological polar surface area (TPSA) is 97.4 Å². The van der Waals surface area contributed by atoms with E-state index >= 15 is 0 Å². The van der Waals surface area contributed by atoms with Crippen molar-refractivity contribution in [1.29, 1.82) is 0 Å². The van der Waals surface area contributed by atoms with E-state index in [1.54, 1.807) is 45.8 Å². The second-order valence-corrected chi connectivity index (χ2v) is 6.87. The number of carbonyl (C=O) groups excluding carboxylic acids is 1. The third kappa shape index (κ3) is 3.27. The molecule has 0 saturated carbocycles. The maximum Gasteiger partial charge on any atom is 0.275 e. The summed E-state index contributed by atoms with van der Waals surface area (Å²) >= 11 is 6.05. The van der Waals surface area contributed by atoms with Gasteiger partial charge in [-0.05, 0) is 30.3 Å². The van der Waals surface area contributed by atoms with E-state index in [2.05, 4.69) is 20.6 Å². The van der Waals surface area contributed by atoms with Crippen molar-refractivity contribution in [2.24, 2.45) is 0 Å². The van der Waals surface area contributed by atoms with Crippen LogP contribution in [0.2, 0.25) is 5.02 Å². The summed E-state index contributed by atoms with van der Waals surface area (Å²) in [6, 6.07) is 8.48. The average molecular weight is 398 g/mol. The molecule has 0 saturated heterocycles. The van der Waals surface area contributed by atoms with Crippen LogP contribution in [0.4, 0.5) is 11.5 Å². The molecule has 3 aromatic heterocycles. The van der Waals surface area contributed by atoms with Gasteiger partial charge < -0.3 is 10.2 Å². The van der Waals surface area contributed by atoms with Crippen LogP contribution in [0.15, 0.2) is 47.7 Å². The first kappa shape index (κ1) is 17.9. The minimum atomic E-state index is -0.382. The average Bonchev–Trinajstić information content (AvgIpc) is 3.11. The van der Waals surface area contributed by atoms with Gasteiger partial charge in [0.1, 0.15) is 12.9 Å². The van der Waals surface area contributed by atoms with Gasteiger partial charge in [-0.15, -0.1) is 10.2 Å². The Bertz CT molecular complexity index is 1260. The lowest BCUT2D eigenvalue weighted by Crippen LogP contribution is -2.31. The number of nitrogens with zero attached hydrogens (tertiary/aromatic N) is 6. The lowest BCUT2D eigenvalue weighted by molar-refractivity contribution is -0.117. The molecule has 1 N–H and O–H groups in total. The van der Waals surface area contributed by atoms with Crippen LogP contribution in [-0.4, -0.2) is 44.4 Å². The van der Waals surface area contributed by atoms with E-state index in [0.717, 1.165) is 4.68 Å². The smallest absolute Gasteiger partial charge is 0.275 e. The molecule has 1 amide bonds. The summed E-state index contributed by atoms with van der Waals surface area (Å²) < 4.78 is 2.82. The number of halogens is 1. The number of pyridine rings is 1. The number of carbonyl (C=O) groups is 1. The van der Waals surface area contributed by atoms with Crippen molar-refractivity contribution >= 4 is 45.4 Å². The molecule has 3 heterocycles. The van der Waals surface area contributed by atoms with E-state index in [4.69, 9.17) is 11.6 Å². The molecule has 0 aliphatic carbocycles. The quantitative estimate of drug-likeness (QED) is 0.564. The zero-order valence-electron chi connectivity index (χ0n) is 15.1. The number of rotatable bonds is 4. The summed E-state index contributed by atoms with van der Waals surface area (Å²) in [6.07, 6.45) is 3.22. The third-order valence-electron chi connectivity index (χ3n) is 4.19. The van der Waals surface area contributed by atoms with Crippen molar-refractivity contribution in [2.75, 3.05) is 24.3 Å². The molecule has 28 heavy (non-hydrogen) atoms. The van der Waals surface area contributed by atoms with Gasteiger partial charge in [-0.2, -0.15) is 5.10 Å². The number of hydrogen-bond acceptors (Lipinski definition) is 6. The van der Waals surface area contributed by atoms with Gasteiger partial charge in [0.05, 0.1) is 11.1 Å². The van der Waals surface area contributed by atoms with Gasteiger partial charge >= 0.3 is 0 Å². The third-order valence-corrected chi connectivity index (χ3v) is 4.43. The predicted molar refractivity (Wildman–Crippen MR) is 107 cm³/mol. The first-order chi connectivity index (χ1) is 13.4. The Labute approximate surface area is 164 Å². The van der Waals surface area contributed by atoms with E-state index in [9.17, 15) is 9.59 Å². The van der Waals surface area contributed by atoms with E-state index in [1.165, 1.54) is 6.33 Å². The van der Waals surface area contributed by atoms with Crippen LogP contribution in [0.5, 0.6) is 0 Å². The maximum atomic E-state index is 12.8. The second-order valence-electron chi connectivity index (χ2n) is 6.43. The summed E-state index contributed by atoms with van der Waals surface area (Å²) in [4.78, 5) is 27.1. The summed E-state index contributed by atoms with van der Waals surface area (Å²) in [6.45, 7) is -0.234. The minimum Gasteiger partial charge on any atom is -0.361 e. The number of amides is 1. The fourth-order valence-corrected chi connectivity index (χ4v) is 3.09. The van der Waals surface area contributed by atoms with Crippen LogP contribution in [0.1, 0.15) is 0 Å². The summed E-state index contributed by atoms with van der Waals surface area (Å²) in [5.41, 5.74) is 0.840. The van der Waals surface area contributed by atoms with E-state index in [0.29, 0.717) is 32.9 Å². The molecule has 9 nitrogen and oxygen atoms in total. The van der Waals surface area contributed by atoms with Crippen molar-refractivity contribution in [1.82, 2.24) is 24.4 Å². The Morgan fingerprint density at radius 1 is 1.21 bits per heavy atom. The molecule has 4 rings (SSSR count). The molecule has 0 atom stereocenters. The van der Waals surface area contributed by atoms with Crippen LogP contribution in [0, 0.1) is 0 Å². The van der Waals surface area contributed by atoms with Crippen molar-refractivity contribution in [3.63, 3.8) is 0 Å². The summed E-state index contributed by atoms with van der Waals surface area (Å²) in [7, 11) is 3.64. The van der Waals surface area contributed by atoms with Crippen LogP contribution in [0.3, 0.4) is 0 Å². The Morgan fingerprint density at radius 2 is 2.04 bits per heavy atom. The molecule has 0 unspecified atom stereocenters. The normalized spacial score (nSPS) is 11.1. The van der Waals surface area contributed by atoms with Crippen LogP contribution in [-0.2, 0) is 11.3 Å². The molecule has 0 aliphatic heterocycles. The molecule has 0 bridgehead atoms. The van der Waals surface area contributed by atoms with Crippen molar-refractivity contribution in [3.8, 4) is 0 Å². The van der Waals surface area contributed by atoms with Gasteiger partial charge in [-0.1, -0.05) is 11.6 Å². The van der Waals surface area contributed by atoms with Gasteiger partial charge in [-0.25, -0.2) is 4.68 Å². The standard InChI is InChI=1S/C18H16ClN7O2/c1-24(2)17-13-5-3-11(19)7-14(13)18(28)26(23-17)9-16(27)21-12-4-6-15-22-20-10-25(15)8-12/h3-8,10H,9H2,1-2H3,(H,21,27). The first-order valence-electron chi connectivity index (χ1n) is 8.39. The van der Waals surface area contributed by atoms with Crippen LogP contribution in [0.25, 0.3) is 16.4 Å². The minimum absolute atomic E-state index is 0.234. The summed E-state index contributed by atoms with van der Waals surface area (Å²) in [5, 5.41) is 16.3. The molecule has 0 fully saturated rings. The van der Waals surface area contributed by atoms with Crippen molar-refractivity contribution in [3.05, 3.63) is 58.2 Å². The molecular formula is C18H16ClN7O2. The van der Waals surface area contributed by atoms with Crippen molar-refractivity contribution < 1.29 is 4.79 Å². The number of benzene rings is 1. The Balaban J connectivity index is 1.67. The van der Waals surface area contributed by atoms with E-state index < -0.39 is 0 Å². The zero-order chi connectivity index (χ0) is 19.8. The number of nitrogens with one attached hydrogen (secondary N) is 1. The lowest BCUT2D eigenvalue weighted by Gasteiger charge is -2.16. The molecule has 1 aromatic carbocycles. The lowest BCUT2D eigenvalue weighted by atomic mass is 10.2. The maximum absolute atomic E-state index is 12.8. The van der Waals surface area contributed by atoms with Gasteiger partial charge in [0.15, 0.2) is 11.5 Å². The summed E-state index contributed by atoms with van der Waals surface area (Å²) in [5.74, 6) is 0.193. The number of aromatic nitrogens is 5. The Morgan fingerprint density at radius 3 is 2.82 bits per heavy atom. The SMILES string of the molecule is CN(C)c1nn(CC(=O)Nc2ccc3nncn3c2)c(=O)c2cc(Cl)ccc12. The molecule has 0 radical (unpaired) electrons. The largest absolute Gasteiger partial charge is 0.361 e. The number of anilines is 2. The van der Waals surface area contributed by atoms with E-state index in [-0.39, 0.29) is 18.0 Å². The van der Waals surface area contributed by atoms with Gasteiger partial charge in [0.25, 0.3) is 5.56 Å². The van der Waals surface area contributed by atoms with Crippen molar-refractivity contribution in [2.45, 2.75) is 6.54 Å². The fourth-order valence-electron chi connectivity index (χ4n) is 2.92. The highest BCUT2D eigenvalue weighted by Crippen LogP contribution is 2.23. The predicted octanol–water partition coefficient (Wildman–Crippen LogP) is 1.80. The Kier molecular flexibility index (Phi) is 4.44. The fraction of sp³-hybridized carbons (Fsp3) is 0.167. The van der Waals surface area contributed by atoms with Gasteiger partial charge in [0, 0.05) is 30.7 Å². The number of fused-ring (bicyclic) bond motifs is 2. The van der Waals surface area contributed by atoms with Gasteiger partial charge in [-0.3, -0.25) is 14.0 Å². The number of hydrogen-bond donors (Lipinski definition) is 1. The van der Waals surface area contributed by atoms with Crippen LogP contribution < -0.4 is 15.8 Å². The molecule has 4 aromatic rings. The first-order valence-corrected chi connectivity index (χ1v) is 8.77. The Hall–Kier alpha value is -3.46. The highest BCUT2D eigenvalue weighted by molar-refractivity contribution is 6.31. The zero-order valence-corrected chi connectivity index (χ0v) is 15.9. The highest BCUT2D eigenvalue weighted by atomic mass is 35.5. The molecule has 0 aliphatic rings. The van der Waals surface area contributed by atoms with E-state index in [1.807, 2.05) is 14.1 Å². The van der Waals surface area contributed by atoms with Gasteiger partial charge in [0.2, 0.25) is 5.91 Å². The highest BCUT2D eigenvalue weighted by Gasteiger charge is 2.15. The molecule has 142 valence electrons. The van der Waals surface area contributed by atoms with Crippen LogP contribution >= 0.6 is 11.6 Å². The molecule has 10 heteroatoms.